The molecular formula is C11H15BrO3S2. The van der Waals surface area contributed by atoms with Crippen LogP contribution in [-0.2, 0) is 14.3 Å². The summed E-state index contributed by atoms with van der Waals surface area (Å²) in [5.74, 6) is -0.175. The van der Waals surface area contributed by atoms with E-state index in [0.717, 1.165) is 21.5 Å². The Morgan fingerprint density at radius 3 is 2.88 bits per heavy atom. The summed E-state index contributed by atoms with van der Waals surface area (Å²) in [5.41, 5.74) is 0. The Bertz CT molecular complexity index is 354. The quantitative estimate of drug-likeness (QED) is 0.432. The molecule has 0 bridgehead atoms. The van der Waals surface area contributed by atoms with Gasteiger partial charge in [-0.2, -0.15) is 0 Å². The van der Waals surface area contributed by atoms with Crippen molar-refractivity contribution in [2.24, 2.45) is 0 Å². The van der Waals surface area contributed by atoms with E-state index in [-0.39, 0.29) is 11.2 Å². The number of thiophene rings is 1. The van der Waals surface area contributed by atoms with Crippen molar-refractivity contribution in [2.75, 3.05) is 20.8 Å². The van der Waals surface area contributed by atoms with Crippen LogP contribution in [0.3, 0.4) is 0 Å². The van der Waals surface area contributed by atoms with Crippen LogP contribution in [0, 0.1) is 0 Å². The third-order valence-electron chi connectivity index (χ3n) is 2.11. The molecule has 0 saturated carbocycles. The Balaban J connectivity index is 2.57. The molecule has 1 unspecified atom stereocenters. The van der Waals surface area contributed by atoms with Crippen LogP contribution < -0.4 is 0 Å². The first-order valence-electron chi connectivity index (χ1n) is 5.15. The fraction of sp³-hybridized carbons (Fsp3) is 0.545. The van der Waals surface area contributed by atoms with Crippen LogP contribution in [0.5, 0.6) is 0 Å². The molecule has 0 amide bonds. The van der Waals surface area contributed by atoms with E-state index in [9.17, 15) is 4.79 Å². The number of methoxy groups -OCH3 is 2. The zero-order valence-electron chi connectivity index (χ0n) is 9.77. The van der Waals surface area contributed by atoms with Crippen LogP contribution in [0.4, 0.5) is 0 Å². The Morgan fingerprint density at radius 2 is 2.35 bits per heavy atom. The Kier molecular flexibility index (Phi) is 7.18. The Hall–Kier alpha value is -0.0400. The first kappa shape index (κ1) is 15.0. The van der Waals surface area contributed by atoms with E-state index in [0.29, 0.717) is 6.61 Å². The van der Waals surface area contributed by atoms with Gasteiger partial charge in [0.05, 0.1) is 11.3 Å². The number of ether oxygens (including phenoxy) is 2. The summed E-state index contributed by atoms with van der Waals surface area (Å²) < 4.78 is 12.0. The molecule has 96 valence electrons. The summed E-state index contributed by atoms with van der Waals surface area (Å²) in [5, 5.41) is 1.83. The van der Waals surface area contributed by atoms with Crippen molar-refractivity contribution < 1.29 is 14.3 Å². The second kappa shape index (κ2) is 8.13. The van der Waals surface area contributed by atoms with Gasteiger partial charge in [-0.25, -0.2) is 0 Å². The van der Waals surface area contributed by atoms with Gasteiger partial charge in [0.2, 0.25) is 0 Å². The Labute approximate surface area is 118 Å². The van der Waals surface area contributed by atoms with Gasteiger partial charge in [-0.15, -0.1) is 11.3 Å². The second-order valence-electron chi connectivity index (χ2n) is 3.32. The average molecular weight is 339 g/mol. The first-order chi connectivity index (χ1) is 8.19. The molecule has 0 spiro atoms. The SMILES string of the molecule is COCCCC(Sc1sccc1Br)C(=O)OC. The molecule has 0 aliphatic rings. The third kappa shape index (κ3) is 4.99. The minimum Gasteiger partial charge on any atom is -0.468 e. The van der Waals surface area contributed by atoms with Crippen LogP contribution in [0.15, 0.2) is 20.1 Å². The molecule has 3 nitrogen and oxygen atoms in total. The second-order valence-corrected chi connectivity index (χ2v) is 6.56. The van der Waals surface area contributed by atoms with E-state index in [1.54, 1.807) is 30.2 Å². The zero-order valence-corrected chi connectivity index (χ0v) is 13.0. The van der Waals surface area contributed by atoms with Crippen LogP contribution in [0.25, 0.3) is 0 Å². The van der Waals surface area contributed by atoms with Gasteiger partial charge in [-0.3, -0.25) is 4.79 Å². The molecule has 0 radical (unpaired) electrons. The maximum absolute atomic E-state index is 11.6. The number of hydrogen-bond acceptors (Lipinski definition) is 5. The smallest absolute Gasteiger partial charge is 0.319 e. The van der Waals surface area contributed by atoms with Crippen LogP contribution in [0.1, 0.15) is 12.8 Å². The van der Waals surface area contributed by atoms with Gasteiger partial charge in [0, 0.05) is 18.2 Å². The van der Waals surface area contributed by atoms with Crippen molar-refractivity contribution in [3.05, 3.63) is 15.9 Å². The van der Waals surface area contributed by atoms with Gasteiger partial charge in [0.25, 0.3) is 0 Å². The topological polar surface area (TPSA) is 35.5 Å². The monoisotopic (exact) mass is 338 g/mol. The van der Waals surface area contributed by atoms with Crippen LogP contribution >= 0.6 is 39.0 Å². The maximum atomic E-state index is 11.6. The van der Waals surface area contributed by atoms with Crippen molar-refractivity contribution >= 4 is 45.0 Å². The number of rotatable bonds is 7. The van der Waals surface area contributed by atoms with Crippen LogP contribution in [-0.4, -0.2) is 32.0 Å². The van der Waals surface area contributed by atoms with E-state index < -0.39 is 0 Å². The molecule has 0 aromatic carbocycles. The molecule has 1 heterocycles. The fourth-order valence-corrected chi connectivity index (χ4v) is 4.29. The van der Waals surface area contributed by atoms with Gasteiger partial charge >= 0.3 is 5.97 Å². The highest BCUT2D eigenvalue weighted by molar-refractivity contribution is 9.10. The van der Waals surface area contributed by atoms with Gasteiger partial charge in [0.1, 0.15) is 5.25 Å². The standard InChI is InChI=1S/C11H15BrO3S2/c1-14-6-3-4-9(10(13)15-2)17-11-8(12)5-7-16-11/h5,7,9H,3-4,6H2,1-2H3. The van der Waals surface area contributed by atoms with Crippen LogP contribution in [0.2, 0.25) is 0 Å². The molecule has 1 aromatic rings. The minimum atomic E-state index is -0.175. The first-order valence-corrected chi connectivity index (χ1v) is 7.70. The highest BCUT2D eigenvalue weighted by Crippen LogP contribution is 2.37. The summed E-state index contributed by atoms with van der Waals surface area (Å²) in [6.07, 6.45) is 1.61. The van der Waals surface area contributed by atoms with Crippen molar-refractivity contribution in [3.8, 4) is 0 Å². The number of carbonyl (C=O) groups is 1. The molecule has 17 heavy (non-hydrogen) atoms. The largest absolute Gasteiger partial charge is 0.468 e. The Morgan fingerprint density at radius 1 is 1.59 bits per heavy atom. The summed E-state index contributed by atoms with van der Waals surface area (Å²) in [6, 6.07) is 1.98. The fourth-order valence-electron chi connectivity index (χ4n) is 1.26. The molecule has 1 rings (SSSR count). The highest BCUT2D eigenvalue weighted by atomic mass is 79.9. The molecule has 0 fully saturated rings. The third-order valence-corrected chi connectivity index (χ3v) is 5.73. The molecule has 0 saturated heterocycles. The summed E-state index contributed by atoms with van der Waals surface area (Å²) in [6.45, 7) is 0.666. The van der Waals surface area contributed by atoms with E-state index >= 15 is 0 Å². The van der Waals surface area contributed by atoms with E-state index in [1.807, 2.05) is 11.4 Å². The predicted molar refractivity (Wildman–Crippen MR) is 74.8 cm³/mol. The molecule has 0 N–H and O–H groups in total. The van der Waals surface area contributed by atoms with Crippen molar-refractivity contribution in [3.63, 3.8) is 0 Å². The van der Waals surface area contributed by atoms with Gasteiger partial charge in [-0.1, -0.05) is 11.8 Å². The molecule has 1 aromatic heterocycles. The maximum Gasteiger partial charge on any atom is 0.319 e. The molecule has 0 aliphatic carbocycles. The summed E-state index contributed by atoms with van der Waals surface area (Å²) in [7, 11) is 3.09. The van der Waals surface area contributed by atoms with E-state index in [4.69, 9.17) is 9.47 Å². The zero-order chi connectivity index (χ0) is 12.7. The average Bonchev–Trinajstić information content (AvgIpc) is 2.73. The number of thioether (sulfide) groups is 1. The van der Waals surface area contributed by atoms with Gasteiger partial charge < -0.3 is 9.47 Å². The lowest BCUT2D eigenvalue weighted by atomic mass is 10.2. The number of hydrogen-bond donors (Lipinski definition) is 0. The lowest BCUT2D eigenvalue weighted by Gasteiger charge is -2.13. The van der Waals surface area contributed by atoms with Gasteiger partial charge in [0.15, 0.2) is 0 Å². The van der Waals surface area contributed by atoms with Crippen molar-refractivity contribution in [1.29, 1.82) is 0 Å². The number of carbonyl (C=O) groups excluding carboxylic acids is 1. The van der Waals surface area contributed by atoms with E-state index in [1.165, 1.54) is 7.11 Å². The number of esters is 1. The summed E-state index contributed by atoms with van der Waals surface area (Å²) in [4.78, 5) is 11.6. The minimum absolute atomic E-state index is 0.162. The van der Waals surface area contributed by atoms with Crippen molar-refractivity contribution in [1.82, 2.24) is 0 Å². The normalized spacial score (nSPS) is 12.4. The van der Waals surface area contributed by atoms with Gasteiger partial charge in [-0.05, 0) is 40.2 Å². The number of halogens is 1. The lowest BCUT2D eigenvalue weighted by molar-refractivity contribution is -0.140. The van der Waals surface area contributed by atoms with E-state index in [2.05, 4.69) is 15.9 Å². The highest BCUT2D eigenvalue weighted by Gasteiger charge is 2.21. The molecular weight excluding hydrogens is 324 g/mol. The molecule has 0 aliphatic heterocycles. The molecule has 6 heteroatoms. The molecule has 1 atom stereocenters. The van der Waals surface area contributed by atoms with Crippen molar-refractivity contribution in [2.45, 2.75) is 22.3 Å². The lowest BCUT2D eigenvalue weighted by Crippen LogP contribution is -2.19. The summed E-state index contributed by atoms with van der Waals surface area (Å²) >= 11 is 6.63. The predicted octanol–water partition coefficient (Wildman–Crippen LogP) is 3.57.